The molecule has 2 aromatic carbocycles. The summed E-state index contributed by atoms with van der Waals surface area (Å²) < 4.78 is 0. The highest BCUT2D eigenvalue weighted by Crippen LogP contribution is 2.26. The molecule has 0 radical (unpaired) electrons. The molecule has 0 aliphatic heterocycles. The SMILES string of the molecule is Cc1ccc(Cc2cnc(NC(=O)c3ccc(N)c([N+](=O)[O-])c3)s2)cc1Cl. The number of hydrogen-bond acceptors (Lipinski definition) is 6. The van der Waals surface area contributed by atoms with Crippen LogP contribution in [0.4, 0.5) is 16.5 Å². The van der Waals surface area contributed by atoms with Crippen LogP contribution in [-0.2, 0) is 6.42 Å². The molecule has 0 aliphatic rings. The van der Waals surface area contributed by atoms with E-state index in [2.05, 4.69) is 10.3 Å². The number of aromatic nitrogens is 1. The molecule has 3 rings (SSSR count). The lowest BCUT2D eigenvalue weighted by Gasteiger charge is -2.03. The van der Waals surface area contributed by atoms with E-state index >= 15 is 0 Å². The van der Waals surface area contributed by atoms with E-state index in [-0.39, 0.29) is 16.9 Å². The number of thiazole rings is 1. The van der Waals surface area contributed by atoms with Crippen molar-refractivity contribution in [3.05, 3.63) is 79.3 Å². The maximum absolute atomic E-state index is 12.3. The Morgan fingerprint density at radius 1 is 1.33 bits per heavy atom. The Balaban J connectivity index is 1.72. The summed E-state index contributed by atoms with van der Waals surface area (Å²) in [6.07, 6.45) is 2.32. The van der Waals surface area contributed by atoms with Gasteiger partial charge in [0.2, 0.25) is 0 Å². The molecule has 7 nitrogen and oxygen atoms in total. The van der Waals surface area contributed by atoms with Crippen LogP contribution in [0.1, 0.15) is 26.4 Å². The van der Waals surface area contributed by atoms with Crippen molar-refractivity contribution in [2.24, 2.45) is 0 Å². The van der Waals surface area contributed by atoms with Crippen LogP contribution in [0.25, 0.3) is 0 Å². The number of nitro groups is 1. The molecule has 0 spiro atoms. The van der Waals surface area contributed by atoms with Gasteiger partial charge in [-0.05, 0) is 36.2 Å². The second-order valence-electron chi connectivity index (χ2n) is 5.88. The van der Waals surface area contributed by atoms with Gasteiger partial charge in [0, 0.05) is 34.1 Å². The van der Waals surface area contributed by atoms with Crippen molar-refractivity contribution in [3.63, 3.8) is 0 Å². The van der Waals surface area contributed by atoms with Gasteiger partial charge in [-0.3, -0.25) is 20.2 Å². The second kappa shape index (κ2) is 7.73. The highest BCUT2D eigenvalue weighted by atomic mass is 35.5. The zero-order valence-electron chi connectivity index (χ0n) is 14.2. The van der Waals surface area contributed by atoms with Crippen LogP contribution in [0.15, 0.2) is 42.6 Å². The minimum absolute atomic E-state index is 0.00448. The maximum atomic E-state index is 12.3. The van der Waals surface area contributed by atoms with E-state index in [0.717, 1.165) is 22.1 Å². The molecule has 1 heterocycles. The average Bonchev–Trinajstić information content (AvgIpc) is 3.05. The summed E-state index contributed by atoms with van der Waals surface area (Å²) in [6.45, 7) is 1.94. The lowest BCUT2D eigenvalue weighted by Crippen LogP contribution is -2.12. The number of nitrogen functional groups attached to an aromatic ring is 1. The molecular formula is C18H15ClN4O3S. The molecule has 138 valence electrons. The first-order valence-electron chi connectivity index (χ1n) is 7.88. The normalized spacial score (nSPS) is 10.6. The fraction of sp³-hybridized carbons (Fsp3) is 0.111. The number of amides is 1. The third-order valence-corrected chi connectivity index (χ3v) is 5.20. The number of nitrogens with one attached hydrogen (secondary N) is 1. The molecular weight excluding hydrogens is 388 g/mol. The Bertz CT molecular complexity index is 1040. The first-order valence-corrected chi connectivity index (χ1v) is 9.08. The fourth-order valence-corrected chi connectivity index (χ4v) is 3.45. The van der Waals surface area contributed by atoms with Gasteiger partial charge in [-0.15, -0.1) is 11.3 Å². The Kier molecular flexibility index (Phi) is 5.38. The van der Waals surface area contributed by atoms with Gasteiger partial charge >= 0.3 is 0 Å². The summed E-state index contributed by atoms with van der Waals surface area (Å²) in [6, 6.07) is 9.76. The van der Waals surface area contributed by atoms with Crippen LogP contribution in [0.5, 0.6) is 0 Å². The van der Waals surface area contributed by atoms with Gasteiger partial charge in [-0.2, -0.15) is 0 Å². The van der Waals surface area contributed by atoms with Crippen LogP contribution in [0.3, 0.4) is 0 Å². The third kappa shape index (κ3) is 4.42. The third-order valence-electron chi connectivity index (χ3n) is 3.88. The summed E-state index contributed by atoms with van der Waals surface area (Å²) in [4.78, 5) is 27.8. The number of carbonyl (C=O) groups excluding carboxylic acids is 1. The van der Waals surface area contributed by atoms with Gasteiger partial charge in [0.15, 0.2) is 5.13 Å². The molecule has 0 aliphatic carbocycles. The molecule has 27 heavy (non-hydrogen) atoms. The van der Waals surface area contributed by atoms with Gasteiger partial charge in [0.1, 0.15) is 5.69 Å². The van der Waals surface area contributed by atoms with Crippen LogP contribution >= 0.6 is 22.9 Å². The first kappa shape index (κ1) is 18.8. The van der Waals surface area contributed by atoms with Crippen molar-refractivity contribution in [1.82, 2.24) is 4.98 Å². The number of aryl methyl sites for hydroxylation is 1. The predicted octanol–water partition coefficient (Wildman–Crippen LogP) is 4.44. The van der Waals surface area contributed by atoms with E-state index < -0.39 is 10.8 Å². The molecule has 1 aromatic heterocycles. The monoisotopic (exact) mass is 402 g/mol. The quantitative estimate of drug-likeness (QED) is 0.372. The Morgan fingerprint density at radius 3 is 2.81 bits per heavy atom. The summed E-state index contributed by atoms with van der Waals surface area (Å²) >= 11 is 7.47. The van der Waals surface area contributed by atoms with Crippen molar-refractivity contribution in [2.45, 2.75) is 13.3 Å². The van der Waals surface area contributed by atoms with Gasteiger partial charge in [0.05, 0.1) is 4.92 Å². The molecule has 0 fully saturated rings. The summed E-state index contributed by atoms with van der Waals surface area (Å²) in [5.41, 5.74) is 7.43. The minimum atomic E-state index is -0.625. The molecule has 9 heteroatoms. The molecule has 0 unspecified atom stereocenters. The highest BCUT2D eigenvalue weighted by Gasteiger charge is 2.16. The van der Waals surface area contributed by atoms with E-state index in [0.29, 0.717) is 16.6 Å². The number of nitrogens with two attached hydrogens (primary N) is 1. The van der Waals surface area contributed by atoms with Gasteiger partial charge < -0.3 is 5.73 Å². The second-order valence-corrected chi connectivity index (χ2v) is 7.40. The predicted molar refractivity (Wildman–Crippen MR) is 107 cm³/mol. The Labute approximate surface area is 164 Å². The lowest BCUT2D eigenvalue weighted by atomic mass is 10.1. The first-order chi connectivity index (χ1) is 12.8. The van der Waals surface area contributed by atoms with Crippen LogP contribution < -0.4 is 11.1 Å². The smallest absolute Gasteiger partial charge is 0.292 e. The number of hydrogen-bond donors (Lipinski definition) is 2. The van der Waals surface area contributed by atoms with E-state index in [1.165, 1.54) is 23.5 Å². The summed E-state index contributed by atoms with van der Waals surface area (Å²) in [5.74, 6) is -0.489. The number of nitro benzene ring substituents is 1. The zero-order valence-corrected chi connectivity index (χ0v) is 15.8. The highest BCUT2D eigenvalue weighted by molar-refractivity contribution is 7.15. The van der Waals surface area contributed by atoms with E-state index in [4.69, 9.17) is 17.3 Å². The van der Waals surface area contributed by atoms with Crippen molar-refractivity contribution in [2.75, 3.05) is 11.1 Å². The number of benzene rings is 2. The minimum Gasteiger partial charge on any atom is -0.393 e. The average molecular weight is 403 g/mol. The summed E-state index contributed by atoms with van der Waals surface area (Å²) in [5, 5.41) is 14.7. The molecule has 1 amide bonds. The zero-order chi connectivity index (χ0) is 19.6. The molecule has 3 N–H and O–H groups in total. The molecule has 3 aromatic rings. The Hall–Kier alpha value is -2.97. The fourth-order valence-electron chi connectivity index (χ4n) is 2.41. The van der Waals surface area contributed by atoms with Gasteiger partial charge in [0.25, 0.3) is 11.6 Å². The number of anilines is 2. The van der Waals surface area contributed by atoms with Crippen LogP contribution in [-0.4, -0.2) is 15.8 Å². The number of rotatable bonds is 5. The number of halogens is 1. The topological polar surface area (TPSA) is 111 Å². The van der Waals surface area contributed by atoms with Crippen molar-refractivity contribution in [3.8, 4) is 0 Å². The van der Waals surface area contributed by atoms with Crippen LogP contribution in [0, 0.1) is 17.0 Å². The summed E-state index contributed by atoms with van der Waals surface area (Å²) in [7, 11) is 0. The molecule has 0 atom stereocenters. The lowest BCUT2D eigenvalue weighted by molar-refractivity contribution is -0.383. The standard InChI is InChI=1S/C18H15ClN4O3S/c1-10-2-3-11(7-14(10)19)6-13-9-21-18(27-13)22-17(24)12-4-5-15(20)16(8-12)23(25)26/h2-5,7-9H,6,20H2,1H3,(H,21,22,24). The van der Waals surface area contributed by atoms with E-state index in [1.807, 2.05) is 25.1 Å². The van der Waals surface area contributed by atoms with Crippen LogP contribution in [0.2, 0.25) is 5.02 Å². The van der Waals surface area contributed by atoms with Gasteiger partial charge in [-0.1, -0.05) is 23.7 Å². The number of nitrogens with zero attached hydrogens (tertiary/aromatic N) is 2. The molecule has 0 saturated heterocycles. The van der Waals surface area contributed by atoms with Crippen molar-refractivity contribution >= 4 is 45.4 Å². The van der Waals surface area contributed by atoms with Crippen molar-refractivity contribution in [1.29, 1.82) is 0 Å². The Morgan fingerprint density at radius 2 is 2.11 bits per heavy atom. The molecule has 0 bridgehead atoms. The van der Waals surface area contributed by atoms with Crippen molar-refractivity contribution < 1.29 is 9.72 Å². The van der Waals surface area contributed by atoms with E-state index in [9.17, 15) is 14.9 Å². The largest absolute Gasteiger partial charge is 0.393 e. The number of carbonyl (C=O) groups is 1. The van der Waals surface area contributed by atoms with Gasteiger partial charge in [-0.25, -0.2) is 4.98 Å². The maximum Gasteiger partial charge on any atom is 0.292 e. The molecule has 0 saturated carbocycles. The van der Waals surface area contributed by atoms with E-state index in [1.54, 1.807) is 6.20 Å².